The highest BCUT2D eigenvalue weighted by molar-refractivity contribution is 7.99. The van der Waals surface area contributed by atoms with Crippen LogP contribution in [0.15, 0.2) is 48.5 Å². The average molecular weight is 296 g/mol. The van der Waals surface area contributed by atoms with E-state index in [1.54, 1.807) is 24.3 Å². The zero-order valence-electron chi connectivity index (χ0n) is 11.7. The van der Waals surface area contributed by atoms with Gasteiger partial charge in [-0.1, -0.05) is 49.4 Å². The first kappa shape index (κ1) is 15.1. The quantitative estimate of drug-likeness (QED) is 0.673. The molecule has 2 aromatic rings. The minimum absolute atomic E-state index is 0.117. The van der Waals surface area contributed by atoms with Gasteiger partial charge in [0.1, 0.15) is 5.25 Å². The van der Waals surface area contributed by atoms with Gasteiger partial charge in [0.05, 0.1) is 6.07 Å². The Labute approximate surface area is 128 Å². The normalized spacial score (nSPS) is 11.6. The summed E-state index contributed by atoms with van der Waals surface area (Å²) >= 11 is 1.51. The van der Waals surface area contributed by atoms with Gasteiger partial charge in [-0.05, 0) is 11.8 Å². The topological polar surface area (TPSA) is 66.9 Å². The molecule has 21 heavy (non-hydrogen) atoms. The Morgan fingerprint density at radius 3 is 2.57 bits per heavy atom. The molecule has 1 unspecified atom stereocenters. The predicted octanol–water partition coefficient (Wildman–Crippen LogP) is 3.82. The number of nitrogens with two attached hydrogens (primary N) is 1. The number of carbonyl (C=O) groups excluding carboxylic acids is 1. The number of anilines is 1. The van der Waals surface area contributed by atoms with Crippen molar-refractivity contribution in [1.29, 1.82) is 5.26 Å². The average Bonchev–Trinajstić information content (AvgIpc) is 2.53. The molecular weight excluding hydrogens is 280 g/mol. The van der Waals surface area contributed by atoms with Crippen LogP contribution in [0.4, 0.5) is 5.69 Å². The molecule has 0 bridgehead atoms. The minimum Gasteiger partial charge on any atom is -0.398 e. The lowest BCUT2D eigenvalue weighted by Crippen LogP contribution is -2.08. The first-order valence-electron chi connectivity index (χ1n) is 6.68. The first-order chi connectivity index (χ1) is 10.2. The number of rotatable bonds is 5. The lowest BCUT2D eigenvalue weighted by molar-refractivity contribution is 0.103. The number of nitrogens with zero attached hydrogens (tertiary/aromatic N) is 1. The second kappa shape index (κ2) is 6.96. The summed E-state index contributed by atoms with van der Waals surface area (Å²) in [5.41, 5.74) is 8.31. The molecule has 106 valence electrons. The molecule has 0 spiro atoms. The third-order valence-corrected chi connectivity index (χ3v) is 4.18. The summed E-state index contributed by atoms with van der Waals surface area (Å²) in [4.78, 5) is 12.5. The summed E-state index contributed by atoms with van der Waals surface area (Å²) in [5.74, 6) is 0.697. The maximum absolute atomic E-state index is 12.5. The smallest absolute Gasteiger partial charge is 0.195 e. The standard InChI is InChI=1S/C17H16N2OS/c1-2-21-15(11-18)13-9-6-10-14(16(13)19)17(20)12-7-4-3-5-8-12/h3-10,15H,2,19H2,1H3. The van der Waals surface area contributed by atoms with E-state index in [1.165, 1.54) is 11.8 Å². The maximum Gasteiger partial charge on any atom is 0.195 e. The van der Waals surface area contributed by atoms with Gasteiger partial charge in [0, 0.05) is 22.4 Å². The van der Waals surface area contributed by atoms with Gasteiger partial charge in [-0.3, -0.25) is 4.79 Å². The van der Waals surface area contributed by atoms with E-state index in [4.69, 9.17) is 5.73 Å². The fraction of sp³-hybridized carbons (Fsp3) is 0.176. The number of hydrogen-bond donors (Lipinski definition) is 1. The Morgan fingerprint density at radius 2 is 1.95 bits per heavy atom. The molecule has 0 aliphatic rings. The van der Waals surface area contributed by atoms with Crippen LogP contribution in [0.3, 0.4) is 0 Å². The highest BCUT2D eigenvalue weighted by atomic mass is 32.2. The van der Waals surface area contributed by atoms with E-state index in [9.17, 15) is 10.1 Å². The van der Waals surface area contributed by atoms with Crippen LogP contribution in [0.5, 0.6) is 0 Å². The van der Waals surface area contributed by atoms with Crippen LogP contribution in [0.1, 0.15) is 33.7 Å². The second-order valence-corrected chi connectivity index (χ2v) is 5.85. The van der Waals surface area contributed by atoms with Crippen molar-refractivity contribution in [2.24, 2.45) is 0 Å². The molecule has 2 N–H and O–H groups in total. The van der Waals surface area contributed by atoms with Gasteiger partial charge in [-0.15, -0.1) is 11.8 Å². The third kappa shape index (κ3) is 3.26. The number of ketones is 1. The van der Waals surface area contributed by atoms with Crippen molar-refractivity contribution >= 4 is 23.2 Å². The van der Waals surface area contributed by atoms with E-state index >= 15 is 0 Å². The summed E-state index contributed by atoms with van der Waals surface area (Å²) in [7, 11) is 0. The van der Waals surface area contributed by atoms with Crippen molar-refractivity contribution in [3.05, 3.63) is 65.2 Å². The third-order valence-electron chi connectivity index (χ3n) is 3.15. The lowest BCUT2D eigenvalue weighted by atomic mass is 9.98. The number of hydrogen-bond acceptors (Lipinski definition) is 4. The molecule has 0 heterocycles. The largest absolute Gasteiger partial charge is 0.398 e. The van der Waals surface area contributed by atoms with Gasteiger partial charge in [0.15, 0.2) is 5.78 Å². The van der Waals surface area contributed by atoms with Crippen molar-refractivity contribution in [1.82, 2.24) is 0 Å². The Bertz CT molecular complexity index is 677. The van der Waals surface area contributed by atoms with Gasteiger partial charge in [0.2, 0.25) is 0 Å². The van der Waals surface area contributed by atoms with Crippen molar-refractivity contribution in [2.75, 3.05) is 11.5 Å². The monoisotopic (exact) mass is 296 g/mol. The summed E-state index contributed by atoms with van der Waals surface area (Å²) in [6, 6.07) is 16.6. The van der Waals surface area contributed by atoms with Crippen LogP contribution < -0.4 is 5.73 Å². The Balaban J connectivity index is 2.43. The molecule has 0 aliphatic heterocycles. The van der Waals surface area contributed by atoms with Crippen LogP contribution >= 0.6 is 11.8 Å². The predicted molar refractivity (Wildman–Crippen MR) is 87.2 cm³/mol. The van der Waals surface area contributed by atoms with Crippen molar-refractivity contribution in [2.45, 2.75) is 12.2 Å². The molecule has 0 aliphatic carbocycles. The van der Waals surface area contributed by atoms with Crippen LogP contribution in [0.2, 0.25) is 0 Å². The van der Waals surface area contributed by atoms with Crippen molar-refractivity contribution in [3.63, 3.8) is 0 Å². The molecule has 4 heteroatoms. The van der Waals surface area contributed by atoms with E-state index in [2.05, 4.69) is 6.07 Å². The molecular formula is C17H16N2OS. The minimum atomic E-state index is -0.349. The van der Waals surface area contributed by atoms with E-state index in [1.807, 2.05) is 31.2 Å². The van der Waals surface area contributed by atoms with Gasteiger partial charge >= 0.3 is 0 Å². The van der Waals surface area contributed by atoms with E-state index in [0.717, 1.165) is 5.75 Å². The molecule has 2 aromatic carbocycles. The number of thioether (sulfide) groups is 1. The zero-order chi connectivity index (χ0) is 15.2. The molecule has 3 nitrogen and oxygen atoms in total. The van der Waals surface area contributed by atoms with Gasteiger partial charge in [-0.2, -0.15) is 5.26 Å². The molecule has 0 saturated heterocycles. The highest BCUT2D eigenvalue weighted by Crippen LogP contribution is 2.34. The number of nitrogen functional groups attached to an aromatic ring is 1. The number of nitriles is 1. The first-order valence-corrected chi connectivity index (χ1v) is 7.73. The van der Waals surface area contributed by atoms with Crippen LogP contribution in [-0.4, -0.2) is 11.5 Å². The molecule has 0 radical (unpaired) electrons. The molecule has 1 atom stereocenters. The van der Waals surface area contributed by atoms with E-state index in [0.29, 0.717) is 22.4 Å². The van der Waals surface area contributed by atoms with Crippen LogP contribution in [0, 0.1) is 11.3 Å². The van der Waals surface area contributed by atoms with Gasteiger partial charge < -0.3 is 5.73 Å². The SMILES string of the molecule is CCSC(C#N)c1cccc(C(=O)c2ccccc2)c1N. The Morgan fingerprint density at radius 1 is 1.24 bits per heavy atom. The maximum atomic E-state index is 12.5. The Kier molecular flexibility index (Phi) is 5.02. The fourth-order valence-electron chi connectivity index (χ4n) is 2.12. The number of carbonyl (C=O) groups is 1. The molecule has 0 aromatic heterocycles. The summed E-state index contributed by atoms with van der Waals surface area (Å²) < 4.78 is 0. The van der Waals surface area contributed by atoms with Gasteiger partial charge in [-0.25, -0.2) is 0 Å². The van der Waals surface area contributed by atoms with Gasteiger partial charge in [0.25, 0.3) is 0 Å². The zero-order valence-corrected chi connectivity index (χ0v) is 12.6. The van der Waals surface area contributed by atoms with E-state index in [-0.39, 0.29) is 11.0 Å². The molecule has 2 rings (SSSR count). The van der Waals surface area contributed by atoms with Crippen molar-refractivity contribution in [3.8, 4) is 6.07 Å². The number of para-hydroxylation sites is 1. The molecule has 0 fully saturated rings. The summed E-state index contributed by atoms with van der Waals surface area (Å²) in [6.07, 6.45) is 0. The van der Waals surface area contributed by atoms with Crippen molar-refractivity contribution < 1.29 is 4.79 Å². The Hall–Kier alpha value is -2.25. The summed E-state index contributed by atoms with van der Waals surface area (Å²) in [5, 5.41) is 8.92. The fourth-order valence-corrected chi connectivity index (χ4v) is 2.91. The lowest BCUT2D eigenvalue weighted by Gasteiger charge is -2.14. The van der Waals surface area contributed by atoms with E-state index < -0.39 is 0 Å². The second-order valence-electron chi connectivity index (χ2n) is 4.47. The molecule has 0 amide bonds. The number of benzene rings is 2. The van der Waals surface area contributed by atoms with Crippen LogP contribution in [-0.2, 0) is 0 Å². The van der Waals surface area contributed by atoms with Crippen LogP contribution in [0.25, 0.3) is 0 Å². The molecule has 0 saturated carbocycles. The highest BCUT2D eigenvalue weighted by Gasteiger charge is 2.19. The summed E-state index contributed by atoms with van der Waals surface area (Å²) in [6.45, 7) is 1.99.